The molecular formula is C31H34Cl3N3O. The van der Waals surface area contributed by atoms with Crippen LogP contribution in [0.4, 0.5) is 0 Å². The highest BCUT2D eigenvalue weighted by molar-refractivity contribution is 6.35. The van der Waals surface area contributed by atoms with Crippen LogP contribution in [0.25, 0.3) is 16.9 Å². The first-order valence-electron chi connectivity index (χ1n) is 13.7. The van der Waals surface area contributed by atoms with Gasteiger partial charge in [-0.3, -0.25) is 4.79 Å². The fourth-order valence-electron chi connectivity index (χ4n) is 7.85. The van der Waals surface area contributed by atoms with Crippen molar-refractivity contribution in [1.29, 1.82) is 0 Å². The molecular weight excluding hydrogens is 537 g/mol. The smallest absolute Gasteiger partial charge is 0.253 e. The molecule has 38 heavy (non-hydrogen) atoms. The largest absolute Gasteiger partial charge is 0.351 e. The molecule has 0 unspecified atom stereocenters. The molecule has 0 spiro atoms. The number of carbonyl (C=O) groups excluding carboxylic acids is 1. The molecule has 200 valence electrons. The molecule has 7 heteroatoms. The first-order chi connectivity index (χ1) is 18.3. The first-order valence-corrected chi connectivity index (χ1v) is 14.9. The van der Waals surface area contributed by atoms with Crippen molar-refractivity contribution in [3.8, 4) is 16.9 Å². The molecule has 7 rings (SSSR count). The zero-order valence-corrected chi connectivity index (χ0v) is 24.1. The molecule has 4 saturated carbocycles. The zero-order chi connectivity index (χ0) is 26.6. The molecule has 0 radical (unpaired) electrons. The lowest BCUT2D eigenvalue weighted by molar-refractivity contribution is -0.0133. The maximum absolute atomic E-state index is 13.6. The maximum atomic E-state index is 13.6. The molecule has 0 aliphatic heterocycles. The van der Waals surface area contributed by atoms with E-state index in [1.807, 2.05) is 50.2 Å². The molecule has 0 atom stereocenters. The molecule has 1 amide bonds. The third kappa shape index (κ3) is 4.79. The summed E-state index contributed by atoms with van der Waals surface area (Å²) >= 11 is 19.0. The van der Waals surface area contributed by atoms with Crippen LogP contribution in [-0.2, 0) is 0 Å². The average Bonchev–Trinajstić information content (AvgIpc) is 3.13. The van der Waals surface area contributed by atoms with E-state index < -0.39 is 0 Å². The fourth-order valence-corrected chi connectivity index (χ4v) is 8.47. The third-order valence-corrected chi connectivity index (χ3v) is 9.95. The van der Waals surface area contributed by atoms with Gasteiger partial charge in [0.15, 0.2) is 0 Å². The van der Waals surface area contributed by atoms with Gasteiger partial charge in [0.25, 0.3) is 5.91 Å². The Hall–Kier alpha value is -1.98. The Morgan fingerprint density at radius 2 is 1.50 bits per heavy atom. The van der Waals surface area contributed by atoms with Gasteiger partial charge < -0.3 is 15.2 Å². The standard InChI is InChI=1S/C31H34Cl3N3O/c1-17-28(31(38)36-10-9-35-29-22-12-19-11-20(14-22)15-23(29)13-19)18(2)37(27-8-7-25(33)16-26(27)34)30(17)21-3-5-24(32)6-4-21/h3-8,16,19-20,22-23,29,35H,9-15H2,1-2H3,(H,36,38). The van der Waals surface area contributed by atoms with Crippen molar-refractivity contribution in [2.45, 2.75) is 52.0 Å². The number of aromatic nitrogens is 1. The molecule has 4 bridgehead atoms. The number of rotatable bonds is 7. The van der Waals surface area contributed by atoms with Crippen molar-refractivity contribution < 1.29 is 4.79 Å². The molecule has 2 N–H and O–H groups in total. The van der Waals surface area contributed by atoms with Crippen LogP contribution in [0.1, 0.15) is 53.7 Å². The van der Waals surface area contributed by atoms with E-state index in [0.29, 0.717) is 33.2 Å². The van der Waals surface area contributed by atoms with Crippen molar-refractivity contribution in [1.82, 2.24) is 15.2 Å². The summed E-state index contributed by atoms with van der Waals surface area (Å²) in [6.07, 6.45) is 7.04. The maximum Gasteiger partial charge on any atom is 0.253 e. The van der Waals surface area contributed by atoms with E-state index in [0.717, 1.165) is 58.4 Å². The molecule has 1 heterocycles. The van der Waals surface area contributed by atoms with E-state index in [1.165, 1.54) is 32.1 Å². The van der Waals surface area contributed by atoms with E-state index in [1.54, 1.807) is 6.07 Å². The highest BCUT2D eigenvalue weighted by Gasteiger charge is 2.47. The third-order valence-electron chi connectivity index (χ3n) is 9.16. The molecule has 4 fully saturated rings. The summed E-state index contributed by atoms with van der Waals surface area (Å²) in [7, 11) is 0. The number of nitrogens with one attached hydrogen (secondary N) is 2. The molecule has 1 aromatic heterocycles. The Morgan fingerprint density at radius 3 is 2.13 bits per heavy atom. The molecule has 4 aliphatic rings. The SMILES string of the molecule is Cc1c(C(=O)NCCNC2C3CC4CC(C3)CC2C4)c(C)n(-c2ccc(Cl)cc2Cl)c1-c1ccc(Cl)cc1. The van der Waals surface area contributed by atoms with Crippen LogP contribution in [0.15, 0.2) is 42.5 Å². The summed E-state index contributed by atoms with van der Waals surface area (Å²) in [5.74, 6) is 3.52. The summed E-state index contributed by atoms with van der Waals surface area (Å²) < 4.78 is 2.05. The topological polar surface area (TPSA) is 46.1 Å². The van der Waals surface area contributed by atoms with Gasteiger partial charge >= 0.3 is 0 Å². The highest BCUT2D eigenvalue weighted by Crippen LogP contribution is 2.53. The Kier molecular flexibility index (Phi) is 7.28. The number of nitrogens with zero attached hydrogens (tertiary/aromatic N) is 1. The lowest BCUT2D eigenvalue weighted by Gasteiger charge is -2.54. The van der Waals surface area contributed by atoms with E-state index in [9.17, 15) is 4.79 Å². The number of carbonyl (C=O) groups is 1. The number of hydrogen-bond donors (Lipinski definition) is 2. The Balaban J connectivity index is 1.23. The summed E-state index contributed by atoms with van der Waals surface area (Å²) in [4.78, 5) is 13.6. The molecule has 3 aromatic rings. The van der Waals surface area contributed by atoms with Crippen molar-refractivity contribution in [3.63, 3.8) is 0 Å². The lowest BCUT2D eigenvalue weighted by atomic mass is 9.54. The predicted octanol–water partition coefficient (Wildman–Crippen LogP) is 7.87. The minimum Gasteiger partial charge on any atom is -0.351 e. The van der Waals surface area contributed by atoms with E-state index >= 15 is 0 Å². The quantitative estimate of drug-likeness (QED) is 0.284. The van der Waals surface area contributed by atoms with Gasteiger partial charge in [0.2, 0.25) is 0 Å². The second kappa shape index (κ2) is 10.5. The van der Waals surface area contributed by atoms with Gasteiger partial charge in [-0.1, -0.05) is 46.9 Å². The second-order valence-corrected chi connectivity index (χ2v) is 12.8. The number of amides is 1. The molecule has 2 aromatic carbocycles. The number of halogens is 3. The summed E-state index contributed by atoms with van der Waals surface area (Å²) in [5, 5.41) is 8.77. The van der Waals surface area contributed by atoms with Gasteiger partial charge in [-0.05, 0) is 111 Å². The molecule has 4 aliphatic carbocycles. The van der Waals surface area contributed by atoms with Gasteiger partial charge in [0.1, 0.15) is 0 Å². The van der Waals surface area contributed by atoms with Gasteiger partial charge in [0, 0.05) is 34.9 Å². The highest BCUT2D eigenvalue weighted by atomic mass is 35.5. The van der Waals surface area contributed by atoms with E-state index in [4.69, 9.17) is 34.8 Å². The van der Waals surface area contributed by atoms with Crippen LogP contribution in [0.3, 0.4) is 0 Å². The first kappa shape index (κ1) is 26.3. The fraction of sp³-hybridized carbons (Fsp3) is 0.452. The van der Waals surface area contributed by atoms with Crippen molar-refractivity contribution in [3.05, 3.63) is 74.4 Å². The van der Waals surface area contributed by atoms with Crippen molar-refractivity contribution in [2.75, 3.05) is 13.1 Å². The van der Waals surface area contributed by atoms with Crippen molar-refractivity contribution >= 4 is 40.7 Å². The average molecular weight is 571 g/mol. The molecule has 0 saturated heterocycles. The predicted molar refractivity (Wildman–Crippen MR) is 157 cm³/mol. The number of benzene rings is 2. The summed E-state index contributed by atoms with van der Waals surface area (Å²) in [6, 6.07) is 13.7. The van der Waals surface area contributed by atoms with Gasteiger partial charge in [-0.2, -0.15) is 0 Å². The summed E-state index contributed by atoms with van der Waals surface area (Å²) in [5.41, 5.74) is 5.08. The minimum atomic E-state index is -0.0640. The Labute approximate surface area is 240 Å². The Bertz CT molecular complexity index is 1340. The van der Waals surface area contributed by atoms with Crippen LogP contribution in [-0.4, -0.2) is 29.6 Å². The minimum absolute atomic E-state index is 0.0640. The van der Waals surface area contributed by atoms with Crippen LogP contribution in [0.5, 0.6) is 0 Å². The van der Waals surface area contributed by atoms with E-state index in [2.05, 4.69) is 15.2 Å². The Morgan fingerprint density at radius 1 is 0.868 bits per heavy atom. The van der Waals surface area contributed by atoms with Crippen LogP contribution >= 0.6 is 34.8 Å². The van der Waals surface area contributed by atoms with Gasteiger partial charge in [0.05, 0.1) is 22.0 Å². The van der Waals surface area contributed by atoms with Gasteiger partial charge in [-0.15, -0.1) is 0 Å². The van der Waals surface area contributed by atoms with Crippen LogP contribution in [0.2, 0.25) is 15.1 Å². The monoisotopic (exact) mass is 569 g/mol. The normalized spacial score (nSPS) is 25.7. The van der Waals surface area contributed by atoms with Gasteiger partial charge in [-0.25, -0.2) is 0 Å². The lowest BCUT2D eigenvalue weighted by Crippen LogP contribution is -2.55. The van der Waals surface area contributed by atoms with Crippen LogP contribution < -0.4 is 10.6 Å². The van der Waals surface area contributed by atoms with Crippen LogP contribution in [0, 0.1) is 37.5 Å². The second-order valence-electron chi connectivity index (χ2n) is 11.5. The van der Waals surface area contributed by atoms with E-state index in [-0.39, 0.29) is 5.91 Å². The number of hydrogen-bond acceptors (Lipinski definition) is 2. The zero-order valence-electron chi connectivity index (χ0n) is 21.9. The molecule has 4 nitrogen and oxygen atoms in total. The summed E-state index contributed by atoms with van der Waals surface area (Å²) in [6.45, 7) is 5.37. The van der Waals surface area contributed by atoms with Crippen molar-refractivity contribution in [2.24, 2.45) is 23.7 Å².